The van der Waals surface area contributed by atoms with E-state index < -0.39 is 0 Å². The lowest BCUT2D eigenvalue weighted by Crippen LogP contribution is -2.01. The number of para-hydroxylation sites is 1. The Morgan fingerprint density at radius 1 is 0.339 bits per heavy atom. The highest BCUT2D eigenvalue weighted by molar-refractivity contribution is 7.25. The summed E-state index contributed by atoms with van der Waals surface area (Å²) in [5.74, 6) is 1.94. The first-order valence-corrected chi connectivity index (χ1v) is 19.6. The van der Waals surface area contributed by atoms with Crippen molar-refractivity contribution in [2.45, 2.75) is 0 Å². The number of thiophene rings is 1. The van der Waals surface area contributed by atoms with Crippen molar-refractivity contribution >= 4 is 53.3 Å². The molecule has 0 aliphatic rings. The third-order valence-corrected chi connectivity index (χ3v) is 11.8. The molecule has 11 rings (SSSR count). The zero-order chi connectivity index (χ0) is 37.0. The molecule has 262 valence electrons. The molecule has 0 unspecified atom stereocenters. The lowest BCUT2D eigenvalue weighted by atomic mass is 9.99. The topological polar surface area (TPSA) is 43.6 Å². The average Bonchev–Trinajstić information content (AvgIpc) is 3.82. The lowest BCUT2D eigenvalue weighted by Gasteiger charge is -2.12. The molecule has 0 aliphatic heterocycles. The van der Waals surface area contributed by atoms with Crippen LogP contribution in [0.2, 0.25) is 0 Å². The number of hydrogen-bond acceptors (Lipinski definition) is 4. The Labute approximate surface area is 327 Å². The molecule has 0 aliphatic carbocycles. The maximum atomic E-state index is 5.17. The van der Waals surface area contributed by atoms with Crippen molar-refractivity contribution in [2.75, 3.05) is 0 Å². The van der Waals surface area contributed by atoms with Crippen molar-refractivity contribution in [3.63, 3.8) is 0 Å². The molecule has 0 spiro atoms. The van der Waals surface area contributed by atoms with E-state index in [0.717, 1.165) is 33.5 Å². The van der Waals surface area contributed by atoms with E-state index in [2.05, 4.69) is 168 Å². The molecule has 3 aromatic heterocycles. The van der Waals surface area contributed by atoms with Gasteiger partial charge in [-0.2, -0.15) is 0 Å². The van der Waals surface area contributed by atoms with Gasteiger partial charge < -0.3 is 4.57 Å². The van der Waals surface area contributed by atoms with Crippen molar-refractivity contribution in [2.24, 2.45) is 0 Å². The second kappa shape index (κ2) is 13.3. The number of fused-ring (bicyclic) bond motifs is 6. The SMILES string of the molecule is c1ccc(-c2nc(-c3ccc4sc5cc(-n6c7ccccc7c7c(-c8ccccc8)cccc76)ccc5c4c3)nc(-c3ccccc3-c3ccccc3)n2)cc1. The number of rotatable bonds is 6. The molecule has 56 heavy (non-hydrogen) atoms. The molecule has 3 heterocycles. The Morgan fingerprint density at radius 3 is 1.70 bits per heavy atom. The summed E-state index contributed by atoms with van der Waals surface area (Å²) in [5.41, 5.74) is 11.1. The van der Waals surface area contributed by atoms with E-state index in [-0.39, 0.29) is 0 Å². The van der Waals surface area contributed by atoms with E-state index in [4.69, 9.17) is 15.0 Å². The first-order valence-electron chi connectivity index (χ1n) is 18.8. The number of hydrogen-bond donors (Lipinski definition) is 0. The van der Waals surface area contributed by atoms with Gasteiger partial charge in [-0.1, -0.05) is 152 Å². The molecule has 0 fully saturated rings. The molecule has 0 atom stereocenters. The van der Waals surface area contributed by atoms with Gasteiger partial charge in [-0.25, -0.2) is 15.0 Å². The van der Waals surface area contributed by atoms with Gasteiger partial charge in [0.1, 0.15) is 0 Å². The van der Waals surface area contributed by atoms with Gasteiger partial charge in [-0.3, -0.25) is 0 Å². The largest absolute Gasteiger partial charge is 0.309 e. The summed E-state index contributed by atoms with van der Waals surface area (Å²) in [4.78, 5) is 15.3. The molecule has 4 nitrogen and oxygen atoms in total. The number of nitrogens with zero attached hydrogens (tertiary/aromatic N) is 4. The van der Waals surface area contributed by atoms with Crippen molar-refractivity contribution in [3.8, 4) is 62.1 Å². The summed E-state index contributed by atoms with van der Waals surface area (Å²) in [5, 5.41) is 4.93. The van der Waals surface area contributed by atoms with Crippen LogP contribution < -0.4 is 0 Å². The fourth-order valence-electron chi connectivity index (χ4n) is 8.09. The predicted octanol–water partition coefficient (Wildman–Crippen LogP) is 13.7. The van der Waals surface area contributed by atoms with Crippen LogP contribution in [-0.4, -0.2) is 19.5 Å². The molecule has 0 bridgehead atoms. The summed E-state index contributed by atoms with van der Waals surface area (Å²) in [7, 11) is 0. The molecule has 0 saturated carbocycles. The third kappa shape index (κ3) is 5.40. The summed E-state index contributed by atoms with van der Waals surface area (Å²) in [6.45, 7) is 0. The highest BCUT2D eigenvalue weighted by Gasteiger charge is 2.19. The van der Waals surface area contributed by atoms with Crippen LogP contribution in [0, 0.1) is 0 Å². The summed E-state index contributed by atoms with van der Waals surface area (Å²) < 4.78 is 4.87. The van der Waals surface area contributed by atoms with E-state index in [1.807, 2.05) is 41.7 Å². The zero-order valence-electron chi connectivity index (χ0n) is 30.2. The Morgan fingerprint density at radius 2 is 0.929 bits per heavy atom. The van der Waals surface area contributed by atoms with E-state index in [1.165, 1.54) is 53.1 Å². The van der Waals surface area contributed by atoms with Crippen molar-refractivity contribution in [3.05, 3.63) is 194 Å². The Hall–Kier alpha value is -7.21. The summed E-state index contributed by atoms with van der Waals surface area (Å²) in [6, 6.07) is 68.5. The minimum atomic E-state index is 0.647. The quantitative estimate of drug-likeness (QED) is 0.171. The smallest absolute Gasteiger partial charge is 0.164 e. The first-order chi connectivity index (χ1) is 27.8. The van der Waals surface area contributed by atoms with Crippen LogP contribution >= 0.6 is 11.3 Å². The van der Waals surface area contributed by atoms with Crippen LogP contribution in [-0.2, 0) is 0 Å². The van der Waals surface area contributed by atoms with Gasteiger partial charge in [0, 0.05) is 53.3 Å². The van der Waals surface area contributed by atoms with Crippen molar-refractivity contribution in [1.29, 1.82) is 0 Å². The van der Waals surface area contributed by atoms with E-state index in [9.17, 15) is 0 Å². The first kappa shape index (κ1) is 32.2. The monoisotopic (exact) mass is 732 g/mol. The Kier molecular flexibility index (Phi) is 7.64. The van der Waals surface area contributed by atoms with Crippen LogP contribution in [0.3, 0.4) is 0 Å². The predicted molar refractivity (Wildman–Crippen MR) is 234 cm³/mol. The van der Waals surface area contributed by atoms with Gasteiger partial charge in [0.05, 0.1) is 11.0 Å². The molecule has 11 aromatic rings. The van der Waals surface area contributed by atoms with E-state index in [0.29, 0.717) is 17.5 Å². The van der Waals surface area contributed by atoms with Crippen molar-refractivity contribution < 1.29 is 0 Å². The molecule has 0 radical (unpaired) electrons. The fraction of sp³-hybridized carbons (Fsp3) is 0. The molecule has 5 heteroatoms. The van der Waals surface area contributed by atoms with Gasteiger partial charge in [-0.15, -0.1) is 11.3 Å². The van der Waals surface area contributed by atoms with E-state index in [1.54, 1.807) is 0 Å². The van der Waals surface area contributed by atoms with Crippen LogP contribution in [0.1, 0.15) is 0 Å². The van der Waals surface area contributed by atoms with Crippen LogP contribution in [0.15, 0.2) is 194 Å². The second-order valence-corrected chi connectivity index (χ2v) is 15.1. The summed E-state index contributed by atoms with van der Waals surface area (Å²) in [6.07, 6.45) is 0. The molecule has 0 N–H and O–H groups in total. The molecular weight excluding hydrogens is 701 g/mol. The maximum Gasteiger partial charge on any atom is 0.164 e. The highest BCUT2D eigenvalue weighted by Crippen LogP contribution is 2.42. The number of benzene rings is 8. The minimum absolute atomic E-state index is 0.647. The van der Waals surface area contributed by atoms with Gasteiger partial charge in [0.2, 0.25) is 0 Å². The maximum absolute atomic E-state index is 5.17. The molecule has 0 saturated heterocycles. The lowest BCUT2D eigenvalue weighted by molar-refractivity contribution is 1.07. The molecule has 0 amide bonds. The fourth-order valence-corrected chi connectivity index (χ4v) is 9.21. The Bertz CT molecular complexity index is 3240. The summed E-state index contributed by atoms with van der Waals surface area (Å²) >= 11 is 1.82. The second-order valence-electron chi connectivity index (χ2n) is 14.0. The van der Waals surface area contributed by atoms with Gasteiger partial charge >= 0.3 is 0 Å². The molecule has 8 aromatic carbocycles. The standard InChI is InChI=1S/C51H32N4S/c1-4-15-33(16-5-1)38-21-10-11-22-41(38)51-53-49(35-19-8-3-9-20-35)52-50(54-51)36-27-30-46-43(31-36)40-29-28-37(32-47(40)56-46)55-44-25-13-12-23-42(44)48-39(24-14-26-45(48)55)34-17-6-2-7-18-34/h1-32H. The normalized spacial score (nSPS) is 11.6. The van der Waals surface area contributed by atoms with Crippen LogP contribution in [0.4, 0.5) is 0 Å². The zero-order valence-corrected chi connectivity index (χ0v) is 31.0. The average molecular weight is 733 g/mol. The van der Waals surface area contributed by atoms with Crippen LogP contribution in [0.5, 0.6) is 0 Å². The van der Waals surface area contributed by atoms with Gasteiger partial charge in [0.15, 0.2) is 17.5 Å². The van der Waals surface area contributed by atoms with E-state index >= 15 is 0 Å². The highest BCUT2D eigenvalue weighted by atomic mass is 32.1. The minimum Gasteiger partial charge on any atom is -0.309 e. The van der Waals surface area contributed by atoms with Gasteiger partial charge in [-0.05, 0) is 64.7 Å². The molecular formula is C51H32N4S. The Balaban J connectivity index is 1.06. The van der Waals surface area contributed by atoms with Crippen molar-refractivity contribution in [1.82, 2.24) is 19.5 Å². The third-order valence-electron chi connectivity index (χ3n) is 10.7. The number of aromatic nitrogens is 4. The van der Waals surface area contributed by atoms with Gasteiger partial charge in [0.25, 0.3) is 0 Å². The van der Waals surface area contributed by atoms with Crippen LogP contribution in [0.25, 0.3) is 104 Å².